The largest absolute Gasteiger partial charge is 0.458 e. The molecule has 0 saturated heterocycles. The lowest BCUT2D eigenvalue weighted by Crippen LogP contribution is -2.42. The van der Waals surface area contributed by atoms with Crippen molar-refractivity contribution in [3.05, 3.63) is 95.4 Å². The molecule has 0 aliphatic heterocycles. The van der Waals surface area contributed by atoms with Crippen LogP contribution in [0, 0.1) is 23.7 Å². The number of carbonyl (C=O) groups excluding carboxylic acids is 4. The summed E-state index contributed by atoms with van der Waals surface area (Å²) in [5, 5.41) is 26.3. The molecule has 3 aromatic rings. The molecule has 4 N–H and O–H groups in total. The van der Waals surface area contributed by atoms with E-state index in [1.807, 2.05) is 60.7 Å². The molecule has 4 amide bonds. The van der Waals surface area contributed by atoms with E-state index in [0.717, 1.165) is 11.1 Å². The van der Waals surface area contributed by atoms with E-state index >= 15 is 0 Å². The number of benzene rings is 2. The van der Waals surface area contributed by atoms with Gasteiger partial charge < -0.3 is 44.5 Å². The molecule has 1 heterocycles. The van der Waals surface area contributed by atoms with E-state index in [0.29, 0.717) is 0 Å². The van der Waals surface area contributed by atoms with Gasteiger partial charge in [-0.05, 0) is 76.6 Å². The van der Waals surface area contributed by atoms with Crippen molar-refractivity contribution in [1.82, 2.24) is 20.4 Å². The first-order valence-electron chi connectivity index (χ1n) is 16.1. The summed E-state index contributed by atoms with van der Waals surface area (Å²) in [5.74, 6) is 8.06. The normalized spacial score (nSPS) is 12.1. The predicted octanol–water partition coefficient (Wildman–Crippen LogP) is 4.38. The number of rotatable bonds is 10. The van der Waals surface area contributed by atoms with Gasteiger partial charge in [0, 0.05) is 13.1 Å². The maximum atomic E-state index is 13.1. The summed E-state index contributed by atoms with van der Waals surface area (Å²) in [6, 6.07) is 20.8. The monoisotopic (exact) mass is 700 g/mol. The third-order valence-electron chi connectivity index (χ3n) is 6.45. The van der Waals surface area contributed by atoms with E-state index in [2.05, 4.69) is 34.3 Å². The van der Waals surface area contributed by atoms with Gasteiger partial charge in [-0.2, -0.15) is 0 Å². The second-order valence-corrected chi connectivity index (χ2v) is 13.2. The molecule has 0 radical (unpaired) electrons. The zero-order chi connectivity index (χ0) is 37.6. The maximum Gasteiger partial charge on any atom is 0.409 e. The Morgan fingerprint density at radius 2 is 1.00 bits per heavy atom. The van der Waals surface area contributed by atoms with Crippen LogP contribution in [0.2, 0.25) is 0 Å². The minimum Gasteiger partial charge on any atom is -0.458 e. The molecule has 51 heavy (non-hydrogen) atoms. The second kappa shape index (κ2) is 18.3. The van der Waals surface area contributed by atoms with Crippen molar-refractivity contribution < 1.29 is 43.3 Å². The first-order valence-corrected chi connectivity index (χ1v) is 16.1. The Hall–Kier alpha value is -5.76. The van der Waals surface area contributed by atoms with Crippen LogP contribution in [-0.2, 0) is 32.2 Å². The lowest BCUT2D eigenvalue weighted by molar-refractivity contribution is -0.126. The highest BCUT2D eigenvalue weighted by Crippen LogP contribution is 2.21. The van der Waals surface area contributed by atoms with Crippen LogP contribution in [0.1, 0.15) is 76.4 Å². The van der Waals surface area contributed by atoms with Crippen molar-refractivity contribution in [2.75, 3.05) is 13.3 Å². The fourth-order valence-corrected chi connectivity index (χ4v) is 4.18. The first-order chi connectivity index (χ1) is 24.0. The summed E-state index contributed by atoms with van der Waals surface area (Å²) in [6.45, 7) is 10.1. The molecule has 0 bridgehead atoms. The Kier molecular flexibility index (Phi) is 14.2. The maximum absolute atomic E-state index is 13.1. The number of nitrogens with zero attached hydrogens (tertiary/aromatic N) is 2. The Bertz CT molecular complexity index is 1630. The fourth-order valence-electron chi connectivity index (χ4n) is 4.18. The van der Waals surface area contributed by atoms with Crippen molar-refractivity contribution in [2.45, 2.75) is 78.0 Å². The van der Waals surface area contributed by atoms with E-state index in [9.17, 15) is 29.4 Å². The minimum absolute atomic E-state index is 0.0776. The molecule has 0 fully saturated rings. The van der Waals surface area contributed by atoms with Gasteiger partial charge in [0.25, 0.3) is 11.8 Å². The van der Waals surface area contributed by atoms with Gasteiger partial charge in [-0.3, -0.25) is 9.59 Å². The molecular weight excluding hydrogens is 656 g/mol. The van der Waals surface area contributed by atoms with Crippen molar-refractivity contribution in [2.24, 2.45) is 0 Å². The van der Waals surface area contributed by atoms with Crippen molar-refractivity contribution >= 4 is 24.0 Å². The standard InChI is InChI=1S/C38H44N4O9/c1-37(2,3)50-35(47)39-25-41(23-27-13-9-7-10-14-27)33(45)21-17-29(43)31-19-20-32(49-31)30(44)18-22-34(46)42(24-28-15-11-8-12-16-28)26-40-36(48)51-38(4,5)6/h7-16,19-20,29-30,43-44H,23-26H2,1-6H3,(H,39,47)(H,40,48). The smallest absolute Gasteiger partial charge is 0.409 e. The molecular formula is C38H44N4O9. The average molecular weight is 701 g/mol. The van der Waals surface area contributed by atoms with Crippen molar-refractivity contribution in [1.29, 1.82) is 0 Å². The number of aliphatic hydroxyl groups excluding tert-OH is 2. The molecule has 1 aromatic heterocycles. The topological polar surface area (TPSA) is 171 Å². The molecule has 2 unspecified atom stereocenters. The molecule has 0 spiro atoms. The highest BCUT2D eigenvalue weighted by Gasteiger charge is 2.21. The second-order valence-electron chi connectivity index (χ2n) is 13.2. The quantitative estimate of drug-likeness (QED) is 0.177. The van der Waals surface area contributed by atoms with E-state index < -0.39 is 47.4 Å². The van der Waals surface area contributed by atoms with Crippen LogP contribution in [0.5, 0.6) is 0 Å². The van der Waals surface area contributed by atoms with E-state index in [1.54, 1.807) is 41.5 Å². The number of carbonyl (C=O) groups is 4. The number of ether oxygens (including phenoxy) is 2. The summed E-state index contributed by atoms with van der Waals surface area (Å²) < 4.78 is 16.0. The summed E-state index contributed by atoms with van der Waals surface area (Å²) >= 11 is 0. The van der Waals surface area contributed by atoms with Crippen LogP contribution >= 0.6 is 0 Å². The van der Waals surface area contributed by atoms with E-state index in [1.165, 1.54) is 21.9 Å². The van der Waals surface area contributed by atoms with Gasteiger partial charge in [0.2, 0.25) is 0 Å². The third-order valence-corrected chi connectivity index (χ3v) is 6.45. The Labute approximate surface area is 297 Å². The average Bonchev–Trinajstić information content (AvgIpc) is 3.56. The van der Waals surface area contributed by atoms with Crippen LogP contribution in [0.15, 0.2) is 77.2 Å². The molecule has 13 nitrogen and oxygen atoms in total. The number of furan rings is 1. The van der Waals surface area contributed by atoms with Gasteiger partial charge in [-0.15, -0.1) is 0 Å². The van der Waals surface area contributed by atoms with Gasteiger partial charge >= 0.3 is 12.2 Å². The molecule has 2 aromatic carbocycles. The van der Waals surface area contributed by atoms with E-state index in [4.69, 9.17) is 13.9 Å². The van der Waals surface area contributed by atoms with Gasteiger partial charge in [0.1, 0.15) is 22.7 Å². The Morgan fingerprint density at radius 3 is 1.33 bits per heavy atom. The third kappa shape index (κ3) is 14.7. The van der Waals surface area contributed by atoms with Crippen molar-refractivity contribution in [3.63, 3.8) is 0 Å². The van der Waals surface area contributed by atoms with Crippen LogP contribution in [-0.4, -0.2) is 68.6 Å². The van der Waals surface area contributed by atoms with Gasteiger partial charge in [-0.1, -0.05) is 72.5 Å². The van der Waals surface area contributed by atoms with Crippen LogP contribution in [0.4, 0.5) is 9.59 Å². The summed E-state index contributed by atoms with van der Waals surface area (Å²) in [5.41, 5.74) is 0.0988. The number of alkyl carbamates (subject to hydrolysis) is 2. The highest BCUT2D eigenvalue weighted by atomic mass is 16.6. The summed E-state index contributed by atoms with van der Waals surface area (Å²) in [4.78, 5) is 53.1. The molecule has 2 atom stereocenters. The zero-order valence-electron chi connectivity index (χ0n) is 29.6. The lowest BCUT2D eigenvalue weighted by atomic mass is 10.2. The molecule has 270 valence electrons. The SMILES string of the molecule is CC(C)(C)OC(=O)NCN(Cc1ccccc1)C(=O)C#CC(O)c1ccc(C(O)C#CC(=O)N(CNC(=O)OC(C)(C)C)Cc2ccccc2)o1. The van der Waals surface area contributed by atoms with Gasteiger partial charge in [0.05, 0.1) is 13.3 Å². The number of amides is 4. The molecule has 13 heteroatoms. The van der Waals surface area contributed by atoms with Gasteiger partial charge in [0.15, 0.2) is 12.2 Å². The van der Waals surface area contributed by atoms with Crippen LogP contribution < -0.4 is 10.6 Å². The predicted molar refractivity (Wildman–Crippen MR) is 187 cm³/mol. The number of aliphatic hydroxyl groups is 2. The molecule has 3 rings (SSSR count). The van der Waals surface area contributed by atoms with Crippen molar-refractivity contribution in [3.8, 4) is 23.7 Å². The lowest BCUT2D eigenvalue weighted by Gasteiger charge is -2.23. The zero-order valence-corrected chi connectivity index (χ0v) is 29.6. The Morgan fingerprint density at radius 1 is 0.647 bits per heavy atom. The number of nitrogens with one attached hydrogen (secondary N) is 2. The molecule has 0 saturated carbocycles. The van der Waals surface area contributed by atoms with Crippen LogP contribution in [0.25, 0.3) is 0 Å². The van der Waals surface area contributed by atoms with E-state index in [-0.39, 0.29) is 37.9 Å². The molecule has 0 aliphatic rings. The summed E-state index contributed by atoms with van der Waals surface area (Å²) in [6.07, 6.45) is -4.53. The fraction of sp³-hybridized carbons (Fsp3) is 0.368. The summed E-state index contributed by atoms with van der Waals surface area (Å²) in [7, 11) is 0. The first kappa shape index (κ1) is 39.7. The number of hydrogen-bond acceptors (Lipinski definition) is 9. The highest BCUT2D eigenvalue weighted by molar-refractivity contribution is 5.94. The Balaban J connectivity index is 1.68. The van der Waals surface area contributed by atoms with Crippen LogP contribution in [0.3, 0.4) is 0 Å². The minimum atomic E-state index is -1.55. The van der Waals surface area contributed by atoms with Gasteiger partial charge in [-0.25, -0.2) is 9.59 Å². The molecule has 0 aliphatic carbocycles. The number of hydrogen-bond donors (Lipinski definition) is 4.